The lowest BCUT2D eigenvalue weighted by Gasteiger charge is -2.16. The molecule has 2 heteroatoms. The van der Waals surface area contributed by atoms with Crippen LogP contribution in [0.2, 0.25) is 0 Å². The van der Waals surface area contributed by atoms with Gasteiger partial charge in [0.05, 0.1) is 0 Å². The van der Waals surface area contributed by atoms with Gasteiger partial charge in [-0.05, 0) is 50.9 Å². The van der Waals surface area contributed by atoms with Gasteiger partial charge in [-0.15, -0.1) is 0 Å². The number of hydrogen-bond acceptors (Lipinski definition) is 2. The summed E-state index contributed by atoms with van der Waals surface area (Å²) in [5.41, 5.74) is 0. The molecule has 0 aromatic heterocycles. The van der Waals surface area contributed by atoms with Gasteiger partial charge in [0.25, 0.3) is 0 Å². The van der Waals surface area contributed by atoms with Crippen molar-refractivity contribution in [3.63, 3.8) is 0 Å². The van der Waals surface area contributed by atoms with E-state index in [1.54, 1.807) is 0 Å². The van der Waals surface area contributed by atoms with Crippen molar-refractivity contribution in [3.8, 4) is 0 Å². The van der Waals surface area contributed by atoms with Gasteiger partial charge in [-0.1, -0.05) is 0 Å². The molecule has 2 nitrogen and oxygen atoms in total. The molecule has 1 saturated carbocycles. The molecule has 2 heterocycles. The van der Waals surface area contributed by atoms with Crippen LogP contribution < -0.4 is 5.32 Å². The quantitative estimate of drug-likeness (QED) is 0.581. The molecule has 0 amide bonds. The molecule has 3 fully saturated rings. The van der Waals surface area contributed by atoms with Crippen LogP contribution in [0.3, 0.4) is 0 Å². The predicted molar refractivity (Wildman–Crippen MR) is 44.4 cm³/mol. The fraction of sp³-hybridized carbons (Fsp3) is 1.00. The first-order valence-corrected chi connectivity index (χ1v) is 4.91. The van der Waals surface area contributed by atoms with E-state index >= 15 is 0 Å². The molecule has 1 N–H and O–H groups in total. The second kappa shape index (κ2) is 2.20. The third-order valence-corrected chi connectivity index (χ3v) is 3.61. The number of hydrogen-bond donors (Lipinski definition) is 1. The van der Waals surface area contributed by atoms with Crippen molar-refractivity contribution in [3.05, 3.63) is 0 Å². The monoisotopic (exact) mass is 152 g/mol. The molecule has 1 aliphatic carbocycles. The van der Waals surface area contributed by atoms with Gasteiger partial charge in [-0.3, -0.25) is 4.90 Å². The van der Waals surface area contributed by atoms with Gasteiger partial charge in [0.2, 0.25) is 0 Å². The predicted octanol–water partition coefficient (Wildman–Crippen LogP) is 0.300. The summed E-state index contributed by atoms with van der Waals surface area (Å²) in [5, 5.41) is 3.45. The molecule has 0 radical (unpaired) electrons. The van der Waals surface area contributed by atoms with E-state index < -0.39 is 0 Å². The highest BCUT2D eigenvalue weighted by Crippen LogP contribution is 2.46. The number of piperidine rings is 1. The molecule has 2 atom stereocenters. The van der Waals surface area contributed by atoms with Crippen LogP contribution in [0.25, 0.3) is 0 Å². The fourth-order valence-electron chi connectivity index (χ4n) is 2.97. The highest BCUT2D eigenvalue weighted by Gasteiger charge is 2.55. The first-order valence-electron chi connectivity index (χ1n) is 4.91. The van der Waals surface area contributed by atoms with Crippen molar-refractivity contribution in [2.24, 2.45) is 11.8 Å². The number of fused-ring (bicyclic) bond motifs is 1. The molecule has 0 spiro atoms. The lowest BCUT2D eigenvalue weighted by Crippen LogP contribution is -2.30. The van der Waals surface area contributed by atoms with E-state index in [1.807, 2.05) is 0 Å². The normalized spacial score (nSPS) is 49.6. The lowest BCUT2D eigenvalue weighted by atomic mass is 10.4. The van der Waals surface area contributed by atoms with Crippen molar-refractivity contribution < 1.29 is 0 Å². The number of nitrogens with one attached hydrogen (secondary N) is 1. The van der Waals surface area contributed by atoms with Crippen molar-refractivity contribution in [1.29, 1.82) is 0 Å². The molecule has 62 valence electrons. The van der Waals surface area contributed by atoms with Crippen LogP contribution in [0.15, 0.2) is 0 Å². The maximum absolute atomic E-state index is 3.45. The van der Waals surface area contributed by atoms with Crippen molar-refractivity contribution in [2.45, 2.75) is 18.9 Å². The summed E-state index contributed by atoms with van der Waals surface area (Å²) in [6.07, 6.45) is 2.90. The molecule has 3 rings (SSSR count). The van der Waals surface area contributed by atoms with Crippen LogP contribution in [0.4, 0.5) is 0 Å². The standard InChI is InChI=1S/C9H16N2/c1-2-4-11(3-1)9-7-5-10-6-8(7)9/h7-10H,1-6H2/t7-,8-/m1/s1. The van der Waals surface area contributed by atoms with E-state index in [0.29, 0.717) is 0 Å². The van der Waals surface area contributed by atoms with Crippen LogP contribution in [0.1, 0.15) is 12.8 Å². The summed E-state index contributed by atoms with van der Waals surface area (Å²) in [7, 11) is 0. The Labute approximate surface area is 68.0 Å². The lowest BCUT2D eigenvalue weighted by molar-refractivity contribution is 0.292. The van der Waals surface area contributed by atoms with Crippen LogP contribution in [0, 0.1) is 11.8 Å². The number of nitrogens with zero attached hydrogens (tertiary/aromatic N) is 1. The smallest absolute Gasteiger partial charge is 0.0183 e. The summed E-state index contributed by atoms with van der Waals surface area (Å²) in [6, 6.07) is 0.999. The molecule has 2 aliphatic heterocycles. The molecular weight excluding hydrogens is 136 g/mol. The molecule has 11 heavy (non-hydrogen) atoms. The zero-order valence-corrected chi connectivity index (χ0v) is 6.92. The minimum absolute atomic E-state index is 0.999. The van der Waals surface area contributed by atoms with Gasteiger partial charge in [0.1, 0.15) is 0 Å². The highest BCUT2D eigenvalue weighted by atomic mass is 15.2. The second-order valence-corrected chi connectivity index (χ2v) is 4.22. The first kappa shape index (κ1) is 6.44. The average molecular weight is 152 g/mol. The van der Waals surface area contributed by atoms with Gasteiger partial charge < -0.3 is 5.32 Å². The Morgan fingerprint density at radius 1 is 1.00 bits per heavy atom. The highest BCUT2D eigenvalue weighted by molar-refractivity contribution is 5.10. The summed E-state index contributed by atoms with van der Waals surface area (Å²) < 4.78 is 0. The Morgan fingerprint density at radius 2 is 1.64 bits per heavy atom. The fourth-order valence-corrected chi connectivity index (χ4v) is 2.97. The molecule has 0 unspecified atom stereocenters. The SMILES string of the molecule is C1CCN(C2[C@@H]3CNC[C@@H]23)C1. The minimum atomic E-state index is 0.999. The van der Waals surface area contributed by atoms with Gasteiger partial charge in [0.15, 0.2) is 0 Å². The summed E-state index contributed by atoms with van der Waals surface area (Å²) in [4.78, 5) is 2.72. The van der Waals surface area contributed by atoms with Crippen LogP contribution in [-0.4, -0.2) is 37.1 Å². The minimum Gasteiger partial charge on any atom is -0.316 e. The Bertz CT molecular complexity index is 153. The second-order valence-electron chi connectivity index (χ2n) is 4.22. The molecule has 0 aromatic carbocycles. The third-order valence-electron chi connectivity index (χ3n) is 3.61. The van der Waals surface area contributed by atoms with Crippen molar-refractivity contribution in [1.82, 2.24) is 10.2 Å². The van der Waals surface area contributed by atoms with E-state index in [0.717, 1.165) is 17.9 Å². The van der Waals surface area contributed by atoms with Crippen LogP contribution in [0.5, 0.6) is 0 Å². The van der Waals surface area contributed by atoms with E-state index in [1.165, 1.54) is 39.0 Å². The zero-order chi connectivity index (χ0) is 7.26. The number of rotatable bonds is 1. The van der Waals surface area contributed by atoms with Gasteiger partial charge in [0, 0.05) is 6.04 Å². The summed E-state index contributed by atoms with van der Waals surface area (Å²) >= 11 is 0. The molecule has 3 aliphatic rings. The van der Waals surface area contributed by atoms with Gasteiger partial charge in [-0.25, -0.2) is 0 Å². The van der Waals surface area contributed by atoms with Crippen LogP contribution in [-0.2, 0) is 0 Å². The molecule has 0 aromatic rings. The molecular formula is C9H16N2. The average Bonchev–Trinajstić information content (AvgIpc) is 2.57. The summed E-state index contributed by atoms with van der Waals surface area (Å²) in [5.74, 6) is 2.07. The largest absolute Gasteiger partial charge is 0.316 e. The molecule has 2 saturated heterocycles. The Balaban J connectivity index is 1.65. The van der Waals surface area contributed by atoms with Crippen molar-refractivity contribution in [2.75, 3.05) is 26.2 Å². The Morgan fingerprint density at radius 3 is 2.27 bits per heavy atom. The van der Waals surface area contributed by atoms with Gasteiger partial charge in [-0.2, -0.15) is 0 Å². The molecule has 0 bridgehead atoms. The Hall–Kier alpha value is -0.0800. The first-order chi connectivity index (χ1) is 5.47. The number of likely N-dealkylation sites (tertiary alicyclic amines) is 1. The van der Waals surface area contributed by atoms with Crippen molar-refractivity contribution >= 4 is 0 Å². The summed E-state index contributed by atoms with van der Waals surface area (Å²) in [6.45, 7) is 5.37. The topological polar surface area (TPSA) is 15.3 Å². The van der Waals surface area contributed by atoms with E-state index in [4.69, 9.17) is 0 Å². The van der Waals surface area contributed by atoms with Gasteiger partial charge >= 0.3 is 0 Å². The van der Waals surface area contributed by atoms with Crippen LogP contribution >= 0.6 is 0 Å². The van der Waals surface area contributed by atoms with E-state index in [2.05, 4.69) is 10.2 Å². The zero-order valence-electron chi connectivity index (χ0n) is 6.92. The van der Waals surface area contributed by atoms with E-state index in [-0.39, 0.29) is 0 Å². The maximum Gasteiger partial charge on any atom is 0.0183 e. The maximum atomic E-state index is 3.45. The Kier molecular flexibility index (Phi) is 1.29. The third kappa shape index (κ3) is 0.859. The van der Waals surface area contributed by atoms with E-state index in [9.17, 15) is 0 Å².